The minimum Gasteiger partial charge on any atom is -0.468 e. The Morgan fingerprint density at radius 3 is 2.60 bits per heavy atom. The van der Waals surface area contributed by atoms with Gasteiger partial charge in [-0.15, -0.1) is 0 Å². The monoisotopic (exact) mass is 211 g/mol. The van der Waals surface area contributed by atoms with Gasteiger partial charge in [-0.05, 0) is 31.4 Å². The van der Waals surface area contributed by atoms with Gasteiger partial charge in [-0.3, -0.25) is 0 Å². The minimum atomic E-state index is 0.144. The summed E-state index contributed by atoms with van der Waals surface area (Å²) in [6.45, 7) is 6.52. The number of hydrogen-bond acceptors (Lipinski definition) is 3. The van der Waals surface area contributed by atoms with Gasteiger partial charge < -0.3 is 14.8 Å². The molecule has 3 nitrogen and oxygen atoms in total. The van der Waals surface area contributed by atoms with E-state index in [1.807, 2.05) is 19.1 Å². The summed E-state index contributed by atoms with van der Waals surface area (Å²) in [6, 6.07) is 4.12. The van der Waals surface area contributed by atoms with Crippen LogP contribution in [0.15, 0.2) is 22.8 Å². The maximum Gasteiger partial charge on any atom is 0.120 e. The Balaban J connectivity index is 2.44. The molecule has 1 aromatic rings. The van der Waals surface area contributed by atoms with Crippen LogP contribution in [-0.2, 0) is 0 Å². The van der Waals surface area contributed by atoms with Crippen molar-refractivity contribution in [1.29, 1.82) is 0 Å². The van der Waals surface area contributed by atoms with Crippen molar-refractivity contribution in [3.63, 3.8) is 0 Å². The summed E-state index contributed by atoms with van der Waals surface area (Å²) < 4.78 is 5.30. The molecule has 15 heavy (non-hydrogen) atoms. The molecule has 1 heterocycles. The van der Waals surface area contributed by atoms with Crippen molar-refractivity contribution in [2.75, 3.05) is 6.61 Å². The lowest BCUT2D eigenvalue weighted by Gasteiger charge is -2.21. The van der Waals surface area contributed by atoms with Gasteiger partial charge in [0.25, 0.3) is 0 Å². The van der Waals surface area contributed by atoms with Gasteiger partial charge >= 0.3 is 0 Å². The molecule has 0 saturated carbocycles. The highest BCUT2D eigenvalue weighted by Gasteiger charge is 2.15. The van der Waals surface area contributed by atoms with Crippen LogP contribution in [-0.4, -0.2) is 17.8 Å². The van der Waals surface area contributed by atoms with E-state index in [4.69, 9.17) is 4.42 Å². The summed E-state index contributed by atoms with van der Waals surface area (Å²) in [7, 11) is 0. The Labute approximate surface area is 91.5 Å². The maximum atomic E-state index is 9.23. The molecule has 0 aliphatic rings. The summed E-state index contributed by atoms with van der Waals surface area (Å²) in [6.07, 6.45) is 2.64. The molecule has 0 aromatic carbocycles. The van der Waals surface area contributed by atoms with E-state index in [-0.39, 0.29) is 18.7 Å². The van der Waals surface area contributed by atoms with Crippen molar-refractivity contribution in [2.45, 2.75) is 39.3 Å². The van der Waals surface area contributed by atoms with Crippen LogP contribution in [0.2, 0.25) is 0 Å². The second-order valence-electron chi connectivity index (χ2n) is 4.41. The van der Waals surface area contributed by atoms with Gasteiger partial charge in [0.15, 0.2) is 0 Å². The van der Waals surface area contributed by atoms with Gasteiger partial charge in [-0.25, -0.2) is 0 Å². The van der Waals surface area contributed by atoms with Gasteiger partial charge in [0, 0.05) is 6.04 Å². The topological polar surface area (TPSA) is 45.4 Å². The predicted octanol–water partition coefficient (Wildman–Crippen LogP) is 2.34. The van der Waals surface area contributed by atoms with Crippen molar-refractivity contribution in [2.24, 2.45) is 5.92 Å². The molecule has 86 valence electrons. The van der Waals surface area contributed by atoms with Gasteiger partial charge in [0.1, 0.15) is 5.76 Å². The zero-order chi connectivity index (χ0) is 11.3. The number of hydrogen-bond donors (Lipinski definition) is 2. The molecular weight excluding hydrogens is 190 g/mol. The van der Waals surface area contributed by atoms with Crippen molar-refractivity contribution < 1.29 is 9.52 Å². The first-order valence-electron chi connectivity index (χ1n) is 5.53. The average molecular weight is 211 g/mol. The number of nitrogens with one attached hydrogen (secondary N) is 1. The lowest BCUT2D eigenvalue weighted by molar-refractivity contribution is 0.210. The summed E-state index contributed by atoms with van der Waals surface area (Å²) in [5.41, 5.74) is 0. The normalized spacial score (nSPS) is 15.5. The Morgan fingerprint density at radius 1 is 1.40 bits per heavy atom. The molecule has 2 atom stereocenters. The van der Waals surface area contributed by atoms with Crippen molar-refractivity contribution in [3.05, 3.63) is 24.2 Å². The molecule has 0 aliphatic carbocycles. The molecule has 0 spiro atoms. The molecule has 0 radical (unpaired) electrons. The summed E-state index contributed by atoms with van der Waals surface area (Å²) in [5, 5.41) is 12.6. The number of aliphatic hydroxyl groups excluding tert-OH is 1. The highest BCUT2D eigenvalue weighted by Crippen LogP contribution is 2.15. The SMILES string of the molecule is CC(C)C[C@@H](CO)N[C@H](C)c1ccco1. The first kappa shape index (κ1) is 12.3. The van der Waals surface area contributed by atoms with Crippen LogP contribution in [0.5, 0.6) is 0 Å². The quantitative estimate of drug-likeness (QED) is 0.759. The third kappa shape index (κ3) is 4.06. The Morgan fingerprint density at radius 2 is 2.13 bits per heavy atom. The first-order valence-corrected chi connectivity index (χ1v) is 5.53. The van der Waals surface area contributed by atoms with Crippen LogP contribution < -0.4 is 5.32 Å². The molecule has 0 fully saturated rings. The molecular formula is C12H21NO2. The molecule has 0 amide bonds. The van der Waals surface area contributed by atoms with Gasteiger partial charge in [0.2, 0.25) is 0 Å². The van der Waals surface area contributed by atoms with Crippen LogP contribution in [0.1, 0.15) is 39.0 Å². The van der Waals surface area contributed by atoms with Gasteiger partial charge in [0.05, 0.1) is 18.9 Å². The van der Waals surface area contributed by atoms with Crippen LogP contribution >= 0.6 is 0 Å². The molecule has 1 aromatic heterocycles. The molecule has 0 unspecified atom stereocenters. The fourth-order valence-electron chi connectivity index (χ4n) is 1.74. The van der Waals surface area contributed by atoms with Gasteiger partial charge in [-0.2, -0.15) is 0 Å². The Hall–Kier alpha value is -0.800. The average Bonchev–Trinajstić information content (AvgIpc) is 2.68. The first-order chi connectivity index (χ1) is 7.13. The standard InChI is InChI=1S/C12H21NO2/c1-9(2)7-11(8-14)13-10(3)12-5-4-6-15-12/h4-6,9-11,13-14H,7-8H2,1-3H3/t10-,11+/m1/s1. The van der Waals surface area contributed by atoms with E-state index in [2.05, 4.69) is 19.2 Å². The van der Waals surface area contributed by atoms with E-state index in [1.54, 1.807) is 6.26 Å². The molecule has 0 saturated heterocycles. The van der Waals surface area contributed by atoms with Crippen LogP contribution in [0.25, 0.3) is 0 Å². The molecule has 0 aliphatic heterocycles. The molecule has 1 rings (SSSR count). The van der Waals surface area contributed by atoms with Crippen molar-refractivity contribution in [3.8, 4) is 0 Å². The number of furan rings is 1. The van der Waals surface area contributed by atoms with Crippen LogP contribution in [0.3, 0.4) is 0 Å². The summed E-state index contributed by atoms with van der Waals surface area (Å²) in [4.78, 5) is 0. The maximum absolute atomic E-state index is 9.23. The van der Waals surface area contributed by atoms with Crippen molar-refractivity contribution in [1.82, 2.24) is 5.32 Å². The van der Waals surface area contributed by atoms with E-state index < -0.39 is 0 Å². The molecule has 0 bridgehead atoms. The second kappa shape index (κ2) is 5.93. The highest BCUT2D eigenvalue weighted by molar-refractivity contribution is 5.03. The zero-order valence-electron chi connectivity index (χ0n) is 9.73. The van der Waals surface area contributed by atoms with Crippen molar-refractivity contribution >= 4 is 0 Å². The van der Waals surface area contributed by atoms with E-state index in [9.17, 15) is 5.11 Å². The Kier molecular flexibility index (Phi) is 4.85. The van der Waals surface area contributed by atoms with E-state index in [0.29, 0.717) is 5.92 Å². The predicted molar refractivity (Wildman–Crippen MR) is 60.6 cm³/mol. The fourth-order valence-corrected chi connectivity index (χ4v) is 1.74. The lowest BCUT2D eigenvalue weighted by atomic mass is 10.0. The smallest absolute Gasteiger partial charge is 0.120 e. The molecule has 2 N–H and O–H groups in total. The molecule has 3 heteroatoms. The fraction of sp³-hybridized carbons (Fsp3) is 0.667. The van der Waals surface area contributed by atoms with E-state index >= 15 is 0 Å². The number of aliphatic hydroxyl groups is 1. The van der Waals surface area contributed by atoms with Gasteiger partial charge in [-0.1, -0.05) is 13.8 Å². The summed E-state index contributed by atoms with van der Waals surface area (Å²) in [5.74, 6) is 1.50. The third-order valence-electron chi connectivity index (χ3n) is 2.43. The minimum absolute atomic E-state index is 0.144. The highest BCUT2D eigenvalue weighted by atomic mass is 16.3. The largest absolute Gasteiger partial charge is 0.468 e. The Bertz CT molecular complexity index is 257. The zero-order valence-corrected chi connectivity index (χ0v) is 9.73. The third-order valence-corrected chi connectivity index (χ3v) is 2.43. The summed E-state index contributed by atoms with van der Waals surface area (Å²) >= 11 is 0. The van der Waals surface area contributed by atoms with E-state index in [1.165, 1.54) is 0 Å². The van der Waals surface area contributed by atoms with Crippen LogP contribution in [0.4, 0.5) is 0 Å². The van der Waals surface area contributed by atoms with Crippen LogP contribution in [0, 0.1) is 5.92 Å². The lowest BCUT2D eigenvalue weighted by Crippen LogP contribution is -2.35. The second-order valence-corrected chi connectivity index (χ2v) is 4.41. The van der Waals surface area contributed by atoms with E-state index in [0.717, 1.165) is 12.2 Å². The number of rotatable bonds is 6.